The molecule has 2 amide bonds. The normalized spacial score (nSPS) is 13.3. The van der Waals surface area contributed by atoms with Crippen LogP contribution < -0.4 is 10.3 Å². The van der Waals surface area contributed by atoms with Gasteiger partial charge in [0.2, 0.25) is 0 Å². The highest BCUT2D eigenvalue weighted by atomic mass is 35.5. The van der Waals surface area contributed by atoms with Gasteiger partial charge in [-0.15, -0.1) is 0 Å². The lowest BCUT2D eigenvalue weighted by molar-refractivity contribution is -0.000448. The number of alkyl halides is 2. The van der Waals surface area contributed by atoms with Crippen molar-refractivity contribution < 1.29 is 37.0 Å². The number of halogens is 4. The molecule has 2 heterocycles. The number of carbonyl (C=O) groups is 2. The summed E-state index contributed by atoms with van der Waals surface area (Å²) in [6.07, 6.45) is -2.82. The molecule has 1 aliphatic carbocycles. The Morgan fingerprint density at radius 3 is 2.28 bits per heavy atom. The Kier molecular flexibility index (Phi) is 9.64. The first-order valence-corrected chi connectivity index (χ1v) is 15.9. The van der Waals surface area contributed by atoms with Gasteiger partial charge in [0, 0.05) is 29.6 Å². The standard InChI is InChI=1S/C34H34ClF3N6O6/c1-33(2,3)49-31(46)44(32(47)50-34(4,5)6)15-23-18-10-16(11-19(29(37)38)25(18)30(45)42-41-23)21-14-40-43(7)28(21)26-20(13-39)24(48-17-8-9-17)12-22(35)27(26)36/h10-12,14,17,29H,8-9,15H2,1-7H3,(H,42,45). The van der Waals surface area contributed by atoms with E-state index in [-0.39, 0.29) is 55.9 Å². The van der Waals surface area contributed by atoms with Gasteiger partial charge in [-0.2, -0.15) is 15.5 Å². The van der Waals surface area contributed by atoms with Gasteiger partial charge in [-0.3, -0.25) is 9.48 Å². The highest BCUT2D eigenvalue weighted by Crippen LogP contribution is 2.44. The Bertz CT molecular complexity index is 2080. The first-order chi connectivity index (χ1) is 23.3. The van der Waals surface area contributed by atoms with Crippen molar-refractivity contribution in [3.8, 4) is 34.2 Å². The van der Waals surface area contributed by atoms with Gasteiger partial charge < -0.3 is 14.2 Å². The van der Waals surface area contributed by atoms with Crippen LogP contribution in [0.15, 0.2) is 29.2 Å². The van der Waals surface area contributed by atoms with Crippen LogP contribution in [-0.4, -0.2) is 54.4 Å². The number of amides is 2. The van der Waals surface area contributed by atoms with Gasteiger partial charge in [-0.1, -0.05) is 11.6 Å². The minimum absolute atomic E-state index is 0.00486. The Morgan fingerprint density at radius 1 is 1.12 bits per heavy atom. The lowest BCUT2D eigenvalue weighted by Gasteiger charge is -2.28. The Balaban J connectivity index is 1.74. The summed E-state index contributed by atoms with van der Waals surface area (Å²) in [6, 6.07) is 5.56. The molecule has 0 aliphatic heterocycles. The first-order valence-electron chi connectivity index (χ1n) is 15.5. The van der Waals surface area contributed by atoms with Crippen LogP contribution >= 0.6 is 11.6 Å². The number of nitrogens with one attached hydrogen (secondary N) is 1. The zero-order valence-electron chi connectivity index (χ0n) is 28.3. The second kappa shape index (κ2) is 13.3. The molecule has 16 heteroatoms. The Hall–Kier alpha value is -5.10. The molecular weight excluding hydrogens is 681 g/mol. The third kappa shape index (κ3) is 7.55. The predicted octanol–water partition coefficient (Wildman–Crippen LogP) is 7.81. The smallest absolute Gasteiger partial charge is 0.420 e. The number of aryl methyl sites for hydroxylation is 1. The van der Waals surface area contributed by atoms with E-state index < -0.39 is 58.7 Å². The molecule has 2 aromatic heterocycles. The van der Waals surface area contributed by atoms with E-state index >= 15 is 4.39 Å². The van der Waals surface area contributed by atoms with E-state index in [0.29, 0.717) is 4.90 Å². The highest BCUT2D eigenvalue weighted by Gasteiger charge is 2.34. The van der Waals surface area contributed by atoms with Crippen molar-refractivity contribution in [1.29, 1.82) is 5.26 Å². The lowest BCUT2D eigenvalue weighted by Crippen LogP contribution is -2.43. The summed E-state index contributed by atoms with van der Waals surface area (Å²) in [5.41, 5.74) is -4.25. The fourth-order valence-electron chi connectivity index (χ4n) is 5.16. The van der Waals surface area contributed by atoms with Gasteiger partial charge >= 0.3 is 12.2 Å². The van der Waals surface area contributed by atoms with Gasteiger partial charge in [0.25, 0.3) is 12.0 Å². The largest absolute Gasteiger partial charge is 0.489 e. The fourth-order valence-corrected chi connectivity index (χ4v) is 5.35. The summed E-state index contributed by atoms with van der Waals surface area (Å²) >= 11 is 6.26. The number of H-pyrrole nitrogens is 1. The van der Waals surface area contributed by atoms with Gasteiger partial charge in [-0.05, 0) is 72.1 Å². The molecule has 1 saturated carbocycles. The average Bonchev–Trinajstić information content (AvgIpc) is 3.74. The first kappa shape index (κ1) is 36.2. The van der Waals surface area contributed by atoms with Crippen molar-refractivity contribution in [2.24, 2.45) is 7.05 Å². The molecule has 0 unspecified atom stereocenters. The van der Waals surface area contributed by atoms with E-state index in [0.717, 1.165) is 18.9 Å². The number of hydrogen-bond acceptors (Lipinski definition) is 9. The van der Waals surface area contributed by atoms with Crippen LogP contribution in [0.1, 0.15) is 77.6 Å². The van der Waals surface area contributed by atoms with Crippen molar-refractivity contribution >= 4 is 34.6 Å². The molecule has 1 fully saturated rings. The van der Waals surface area contributed by atoms with Crippen molar-refractivity contribution in [2.45, 2.75) is 84.7 Å². The monoisotopic (exact) mass is 714 g/mol. The zero-order chi connectivity index (χ0) is 36.9. The molecule has 0 radical (unpaired) electrons. The summed E-state index contributed by atoms with van der Waals surface area (Å²) in [6.45, 7) is 8.84. The second-order valence-corrected chi connectivity index (χ2v) is 14.1. The molecule has 4 aromatic rings. The van der Waals surface area contributed by atoms with Crippen LogP contribution in [0, 0.1) is 17.1 Å². The lowest BCUT2D eigenvalue weighted by atomic mass is 9.93. The number of aromatic amines is 1. The molecule has 0 bridgehead atoms. The van der Waals surface area contributed by atoms with Crippen LogP contribution in [0.25, 0.3) is 33.2 Å². The maximum Gasteiger partial charge on any atom is 0.420 e. The number of fused-ring (bicyclic) bond motifs is 1. The average molecular weight is 715 g/mol. The Labute approximate surface area is 289 Å². The van der Waals surface area contributed by atoms with Gasteiger partial charge in [-0.25, -0.2) is 32.8 Å². The minimum Gasteiger partial charge on any atom is -0.489 e. The summed E-state index contributed by atoms with van der Waals surface area (Å²) < 4.78 is 63.3. The van der Waals surface area contributed by atoms with Crippen molar-refractivity contribution in [1.82, 2.24) is 24.9 Å². The van der Waals surface area contributed by atoms with Gasteiger partial charge in [0.1, 0.15) is 28.6 Å². The van der Waals surface area contributed by atoms with Crippen LogP contribution in [-0.2, 0) is 23.1 Å². The molecule has 0 saturated heterocycles. The van der Waals surface area contributed by atoms with E-state index in [1.54, 1.807) is 41.5 Å². The van der Waals surface area contributed by atoms with E-state index in [1.165, 1.54) is 30.1 Å². The van der Waals surface area contributed by atoms with E-state index in [2.05, 4.69) is 15.3 Å². The number of hydrogen-bond donors (Lipinski definition) is 1. The minimum atomic E-state index is -3.20. The molecule has 1 N–H and O–H groups in total. The van der Waals surface area contributed by atoms with Crippen LogP contribution in [0.5, 0.6) is 5.75 Å². The zero-order valence-corrected chi connectivity index (χ0v) is 29.0. The number of nitriles is 1. The molecule has 12 nitrogen and oxygen atoms in total. The Morgan fingerprint density at radius 2 is 1.74 bits per heavy atom. The quantitative estimate of drug-likeness (QED) is 0.202. The molecule has 0 spiro atoms. The summed E-state index contributed by atoms with van der Waals surface area (Å²) in [4.78, 5) is 40.2. The number of benzene rings is 2. The van der Waals surface area contributed by atoms with Crippen molar-refractivity contribution in [3.05, 3.63) is 62.4 Å². The van der Waals surface area contributed by atoms with Crippen LogP contribution in [0.3, 0.4) is 0 Å². The van der Waals surface area contributed by atoms with Crippen LogP contribution in [0.4, 0.5) is 22.8 Å². The van der Waals surface area contributed by atoms with E-state index in [9.17, 15) is 28.4 Å². The number of aromatic nitrogens is 4. The second-order valence-electron chi connectivity index (χ2n) is 13.7. The number of imide groups is 1. The third-order valence-corrected chi connectivity index (χ3v) is 7.64. The predicted molar refractivity (Wildman–Crippen MR) is 176 cm³/mol. The maximum atomic E-state index is 15.9. The third-order valence-electron chi connectivity index (χ3n) is 7.37. The fraction of sp³-hybridized carbons (Fsp3) is 0.412. The number of ether oxygens (including phenoxy) is 3. The molecule has 1 aliphatic rings. The SMILES string of the molecule is Cn1ncc(-c2cc(C(F)F)c3c(=O)[nH]nc(CN(C(=O)OC(C)(C)C)C(=O)OC(C)(C)C)c3c2)c1-c1c(F)c(Cl)cc(OC2CC2)c1C#N. The van der Waals surface area contributed by atoms with Gasteiger partial charge in [0.05, 0.1) is 46.2 Å². The number of carbonyl (C=O) groups excluding carboxylic acids is 2. The van der Waals surface area contributed by atoms with Gasteiger partial charge in [0.15, 0.2) is 5.82 Å². The number of rotatable bonds is 7. The number of nitrogens with zero attached hydrogens (tertiary/aromatic N) is 5. The topological polar surface area (TPSA) is 152 Å². The maximum absolute atomic E-state index is 15.9. The molecule has 0 atom stereocenters. The summed E-state index contributed by atoms with van der Waals surface area (Å²) in [7, 11) is 1.47. The summed E-state index contributed by atoms with van der Waals surface area (Å²) in [5.74, 6) is -0.909. The van der Waals surface area contributed by atoms with E-state index in [1.807, 2.05) is 6.07 Å². The molecule has 2 aromatic carbocycles. The molecule has 264 valence electrons. The highest BCUT2D eigenvalue weighted by molar-refractivity contribution is 6.31. The molecule has 5 rings (SSSR count). The molecule has 50 heavy (non-hydrogen) atoms. The van der Waals surface area contributed by atoms with Crippen molar-refractivity contribution in [2.75, 3.05) is 0 Å². The van der Waals surface area contributed by atoms with E-state index in [4.69, 9.17) is 25.8 Å². The van der Waals surface area contributed by atoms with Crippen LogP contribution in [0.2, 0.25) is 5.02 Å². The van der Waals surface area contributed by atoms with Crippen molar-refractivity contribution in [3.63, 3.8) is 0 Å². The molecular formula is C34H34ClF3N6O6. The summed E-state index contributed by atoms with van der Waals surface area (Å²) in [5, 5.41) is 19.6.